The largest absolute Gasteiger partial charge is 0.319 e. The van der Waals surface area contributed by atoms with Crippen molar-refractivity contribution in [3.05, 3.63) is 35.4 Å². The summed E-state index contributed by atoms with van der Waals surface area (Å²) in [5, 5.41) is 3.21. The molecule has 1 aromatic carbocycles. The number of hydrogen-bond acceptors (Lipinski definition) is 2. The smallest absolute Gasteiger partial charge is 0.0236 e. The van der Waals surface area contributed by atoms with Gasteiger partial charge in [-0.1, -0.05) is 51.0 Å². The van der Waals surface area contributed by atoms with E-state index in [0.717, 1.165) is 31.5 Å². The van der Waals surface area contributed by atoms with Gasteiger partial charge in [0, 0.05) is 19.1 Å². The molecule has 2 heteroatoms. The van der Waals surface area contributed by atoms with E-state index in [1.54, 1.807) is 0 Å². The molecule has 0 atom stereocenters. The summed E-state index contributed by atoms with van der Waals surface area (Å²) < 4.78 is 0. The summed E-state index contributed by atoms with van der Waals surface area (Å²) >= 11 is 0. The normalized spacial score (nSPS) is 16.2. The van der Waals surface area contributed by atoms with Crippen molar-refractivity contribution in [2.24, 2.45) is 5.92 Å². The monoisotopic (exact) mass is 288 g/mol. The Balaban J connectivity index is 1.95. The van der Waals surface area contributed by atoms with Gasteiger partial charge < -0.3 is 5.32 Å². The maximum atomic E-state index is 3.21. The molecule has 1 saturated carbocycles. The fraction of sp³-hybridized carbons (Fsp3) is 0.684. The minimum Gasteiger partial charge on any atom is -0.319 e. The molecule has 0 saturated heterocycles. The Bertz CT molecular complexity index is 391. The molecule has 0 spiro atoms. The van der Waals surface area contributed by atoms with Gasteiger partial charge in [0.2, 0.25) is 0 Å². The molecule has 1 fully saturated rings. The van der Waals surface area contributed by atoms with Crippen LogP contribution >= 0.6 is 0 Å². The highest BCUT2D eigenvalue weighted by atomic mass is 15.2. The lowest BCUT2D eigenvalue weighted by Gasteiger charge is -2.30. The standard InChI is InChI=1S/C19H32N2/c1-16(2)14-21(19-6-4-5-7-19)15-18-10-8-17(9-11-18)12-13-20-3/h8-11,16,19-20H,4-7,12-15H2,1-3H3. The molecule has 1 aromatic rings. The first-order chi connectivity index (χ1) is 10.2. The second-order valence-corrected chi connectivity index (χ2v) is 6.93. The van der Waals surface area contributed by atoms with Gasteiger partial charge in [0.25, 0.3) is 0 Å². The molecule has 0 aliphatic heterocycles. The summed E-state index contributed by atoms with van der Waals surface area (Å²) in [7, 11) is 2.01. The summed E-state index contributed by atoms with van der Waals surface area (Å²) in [6.07, 6.45) is 6.75. The number of nitrogens with zero attached hydrogens (tertiary/aromatic N) is 1. The van der Waals surface area contributed by atoms with Crippen LogP contribution in [0.5, 0.6) is 0 Å². The first kappa shape index (κ1) is 16.5. The van der Waals surface area contributed by atoms with Gasteiger partial charge in [0.1, 0.15) is 0 Å². The van der Waals surface area contributed by atoms with Crippen molar-refractivity contribution in [1.29, 1.82) is 0 Å². The van der Waals surface area contributed by atoms with Crippen LogP contribution < -0.4 is 5.32 Å². The Morgan fingerprint density at radius 3 is 2.29 bits per heavy atom. The Morgan fingerprint density at radius 2 is 1.71 bits per heavy atom. The van der Waals surface area contributed by atoms with Gasteiger partial charge in [-0.05, 0) is 49.9 Å². The number of nitrogens with one attached hydrogen (secondary N) is 1. The van der Waals surface area contributed by atoms with Crippen molar-refractivity contribution >= 4 is 0 Å². The molecule has 0 unspecified atom stereocenters. The van der Waals surface area contributed by atoms with Crippen LogP contribution in [-0.4, -0.2) is 31.1 Å². The van der Waals surface area contributed by atoms with Crippen molar-refractivity contribution in [2.45, 2.75) is 58.5 Å². The predicted octanol–water partition coefficient (Wildman–Crippen LogP) is 3.85. The topological polar surface area (TPSA) is 15.3 Å². The molecular weight excluding hydrogens is 256 g/mol. The first-order valence-corrected chi connectivity index (χ1v) is 8.65. The third-order valence-corrected chi connectivity index (χ3v) is 4.51. The Morgan fingerprint density at radius 1 is 1.10 bits per heavy atom. The molecule has 0 radical (unpaired) electrons. The highest BCUT2D eigenvalue weighted by molar-refractivity contribution is 5.23. The van der Waals surface area contributed by atoms with Crippen molar-refractivity contribution in [1.82, 2.24) is 10.2 Å². The van der Waals surface area contributed by atoms with Gasteiger partial charge in [-0.15, -0.1) is 0 Å². The van der Waals surface area contributed by atoms with Crippen LogP contribution in [0.2, 0.25) is 0 Å². The highest BCUT2D eigenvalue weighted by Crippen LogP contribution is 2.25. The second kappa shape index (κ2) is 8.55. The van der Waals surface area contributed by atoms with Crippen molar-refractivity contribution in [2.75, 3.05) is 20.1 Å². The van der Waals surface area contributed by atoms with Crippen LogP contribution in [-0.2, 0) is 13.0 Å². The summed E-state index contributed by atoms with van der Waals surface area (Å²) in [4.78, 5) is 2.72. The van der Waals surface area contributed by atoms with Gasteiger partial charge >= 0.3 is 0 Å². The number of hydrogen-bond donors (Lipinski definition) is 1. The van der Waals surface area contributed by atoms with Crippen molar-refractivity contribution < 1.29 is 0 Å². The zero-order valence-corrected chi connectivity index (χ0v) is 14.1. The van der Waals surface area contributed by atoms with Gasteiger partial charge in [-0.2, -0.15) is 0 Å². The average molecular weight is 288 g/mol. The minimum absolute atomic E-state index is 0.750. The molecule has 1 N–H and O–H groups in total. The molecule has 118 valence electrons. The van der Waals surface area contributed by atoms with Gasteiger partial charge in [0.05, 0.1) is 0 Å². The maximum Gasteiger partial charge on any atom is 0.0236 e. The van der Waals surface area contributed by atoms with E-state index in [0.29, 0.717) is 0 Å². The molecule has 2 rings (SSSR count). The molecule has 2 nitrogen and oxygen atoms in total. The summed E-state index contributed by atoms with van der Waals surface area (Å²) in [6, 6.07) is 10.1. The number of likely N-dealkylation sites (N-methyl/N-ethyl adjacent to an activating group) is 1. The zero-order chi connectivity index (χ0) is 15.1. The van der Waals surface area contributed by atoms with E-state index >= 15 is 0 Å². The van der Waals surface area contributed by atoms with E-state index in [4.69, 9.17) is 0 Å². The zero-order valence-electron chi connectivity index (χ0n) is 14.1. The van der Waals surface area contributed by atoms with E-state index in [2.05, 4.69) is 48.3 Å². The van der Waals surface area contributed by atoms with E-state index < -0.39 is 0 Å². The van der Waals surface area contributed by atoms with Crippen LogP contribution in [0.1, 0.15) is 50.7 Å². The van der Waals surface area contributed by atoms with E-state index in [-0.39, 0.29) is 0 Å². The Labute approximate surface area is 130 Å². The fourth-order valence-corrected chi connectivity index (χ4v) is 3.40. The third-order valence-electron chi connectivity index (χ3n) is 4.51. The summed E-state index contributed by atoms with van der Waals surface area (Å²) in [6.45, 7) is 8.08. The molecular formula is C19H32N2. The lowest BCUT2D eigenvalue weighted by Crippen LogP contribution is -2.35. The molecule has 1 aliphatic rings. The van der Waals surface area contributed by atoms with E-state index in [1.807, 2.05) is 7.05 Å². The molecule has 1 aliphatic carbocycles. The molecule has 0 bridgehead atoms. The number of benzene rings is 1. The van der Waals surface area contributed by atoms with E-state index in [9.17, 15) is 0 Å². The van der Waals surface area contributed by atoms with Crippen LogP contribution in [0.25, 0.3) is 0 Å². The van der Waals surface area contributed by atoms with Crippen LogP contribution in [0.3, 0.4) is 0 Å². The summed E-state index contributed by atoms with van der Waals surface area (Å²) in [5.41, 5.74) is 2.90. The van der Waals surface area contributed by atoms with Gasteiger partial charge in [-0.3, -0.25) is 4.90 Å². The molecule has 0 aromatic heterocycles. The number of rotatable bonds is 8. The van der Waals surface area contributed by atoms with Gasteiger partial charge in [-0.25, -0.2) is 0 Å². The van der Waals surface area contributed by atoms with Crippen LogP contribution in [0, 0.1) is 5.92 Å². The predicted molar refractivity (Wildman–Crippen MR) is 91.6 cm³/mol. The maximum absolute atomic E-state index is 3.21. The van der Waals surface area contributed by atoms with Crippen LogP contribution in [0.4, 0.5) is 0 Å². The first-order valence-electron chi connectivity index (χ1n) is 8.65. The SMILES string of the molecule is CNCCc1ccc(CN(CC(C)C)C2CCCC2)cc1. The fourth-order valence-electron chi connectivity index (χ4n) is 3.40. The second-order valence-electron chi connectivity index (χ2n) is 6.93. The molecule has 0 amide bonds. The van der Waals surface area contributed by atoms with E-state index in [1.165, 1.54) is 43.4 Å². The van der Waals surface area contributed by atoms with Crippen LogP contribution in [0.15, 0.2) is 24.3 Å². The highest BCUT2D eigenvalue weighted by Gasteiger charge is 2.23. The van der Waals surface area contributed by atoms with Crippen molar-refractivity contribution in [3.8, 4) is 0 Å². The lowest BCUT2D eigenvalue weighted by molar-refractivity contribution is 0.168. The summed E-state index contributed by atoms with van der Waals surface area (Å²) in [5.74, 6) is 0.750. The minimum atomic E-state index is 0.750. The molecule has 21 heavy (non-hydrogen) atoms. The Kier molecular flexibility index (Phi) is 6.72. The molecule has 0 heterocycles. The third kappa shape index (κ3) is 5.44. The lowest BCUT2D eigenvalue weighted by atomic mass is 10.1. The quantitative estimate of drug-likeness (QED) is 0.781. The van der Waals surface area contributed by atoms with Gasteiger partial charge in [0.15, 0.2) is 0 Å². The Hall–Kier alpha value is -0.860. The van der Waals surface area contributed by atoms with Crippen molar-refractivity contribution in [3.63, 3.8) is 0 Å². The average Bonchev–Trinajstić information content (AvgIpc) is 2.99.